The molecule has 0 radical (unpaired) electrons. The van der Waals surface area contributed by atoms with Crippen molar-refractivity contribution in [2.45, 2.75) is 45.8 Å². The Bertz CT molecular complexity index is 330. The van der Waals surface area contributed by atoms with Crippen LogP contribution in [0.1, 0.15) is 42.9 Å². The largest absolute Gasteiger partial charge is 0.378 e. The molecule has 1 aliphatic heterocycles. The molecule has 0 fully saturated rings. The number of imidazole rings is 1. The van der Waals surface area contributed by atoms with Crippen LogP contribution in [0, 0.1) is 6.92 Å². The third kappa shape index (κ3) is 1.46. The maximum atomic E-state index is 5.21. The fourth-order valence-electron chi connectivity index (χ4n) is 2.26. The highest BCUT2D eigenvalue weighted by molar-refractivity contribution is 5.18. The second kappa shape index (κ2) is 3.73. The topological polar surface area (TPSA) is 27.1 Å². The number of rotatable bonds is 2. The number of methoxy groups -OCH3 is 1. The summed E-state index contributed by atoms with van der Waals surface area (Å²) in [5.74, 6) is 1.86. The Hall–Kier alpha value is -0.830. The molecule has 0 saturated heterocycles. The van der Waals surface area contributed by atoms with Crippen molar-refractivity contribution in [1.82, 2.24) is 9.55 Å². The minimum absolute atomic E-state index is 0.605. The zero-order chi connectivity index (χ0) is 10.1. The number of hydrogen-bond acceptors (Lipinski definition) is 2. The highest BCUT2D eigenvalue weighted by Crippen LogP contribution is 2.28. The highest BCUT2D eigenvalue weighted by Gasteiger charge is 2.22. The van der Waals surface area contributed by atoms with Gasteiger partial charge < -0.3 is 9.30 Å². The van der Waals surface area contributed by atoms with Gasteiger partial charge in [0.05, 0.1) is 18.0 Å². The summed E-state index contributed by atoms with van der Waals surface area (Å²) in [5, 5.41) is 0. The molecule has 78 valence electrons. The summed E-state index contributed by atoms with van der Waals surface area (Å²) >= 11 is 0. The lowest BCUT2D eigenvalue weighted by molar-refractivity contribution is 0.176. The van der Waals surface area contributed by atoms with Gasteiger partial charge in [0.25, 0.3) is 0 Å². The molecule has 14 heavy (non-hydrogen) atoms. The zero-order valence-electron chi connectivity index (χ0n) is 9.21. The highest BCUT2D eigenvalue weighted by atomic mass is 16.5. The molecule has 1 atom stereocenters. The van der Waals surface area contributed by atoms with Crippen LogP contribution >= 0.6 is 0 Å². The van der Waals surface area contributed by atoms with Crippen molar-refractivity contribution >= 4 is 0 Å². The van der Waals surface area contributed by atoms with Crippen molar-refractivity contribution < 1.29 is 4.74 Å². The number of ether oxygens (including phenoxy) is 1. The summed E-state index contributed by atoms with van der Waals surface area (Å²) in [4.78, 5) is 4.63. The van der Waals surface area contributed by atoms with Gasteiger partial charge in [-0.3, -0.25) is 0 Å². The molecule has 0 saturated carbocycles. The van der Waals surface area contributed by atoms with Gasteiger partial charge in [-0.2, -0.15) is 0 Å². The molecule has 0 aromatic carbocycles. The molecular weight excluding hydrogens is 176 g/mol. The first-order valence-corrected chi connectivity index (χ1v) is 5.29. The normalized spacial score (nSPS) is 20.9. The standard InChI is InChI=1S/C11H18N2O/c1-8-5-4-6-13-10(7-14-3)9(2)12-11(8)13/h8H,4-7H2,1-3H3. The van der Waals surface area contributed by atoms with Gasteiger partial charge in [-0.05, 0) is 19.8 Å². The first-order valence-electron chi connectivity index (χ1n) is 5.29. The van der Waals surface area contributed by atoms with E-state index in [1.807, 2.05) is 0 Å². The molecule has 0 amide bonds. The second-order valence-corrected chi connectivity index (χ2v) is 4.13. The summed E-state index contributed by atoms with van der Waals surface area (Å²) in [7, 11) is 1.74. The van der Waals surface area contributed by atoms with E-state index in [2.05, 4.69) is 23.4 Å². The predicted molar refractivity (Wildman–Crippen MR) is 55.3 cm³/mol. The molecule has 1 aromatic rings. The molecule has 2 rings (SSSR count). The van der Waals surface area contributed by atoms with Gasteiger partial charge in [0.2, 0.25) is 0 Å². The van der Waals surface area contributed by atoms with E-state index >= 15 is 0 Å². The Morgan fingerprint density at radius 2 is 2.36 bits per heavy atom. The van der Waals surface area contributed by atoms with Gasteiger partial charge in [-0.1, -0.05) is 6.92 Å². The van der Waals surface area contributed by atoms with Gasteiger partial charge >= 0.3 is 0 Å². The Morgan fingerprint density at radius 1 is 1.57 bits per heavy atom. The van der Waals surface area contributed by atoms with Crippen molar-refractivity contribution in [3.8, 4) is 0 Å². The van der Waals surface area contributed by atoms with Crippen LogP contribution in [0.25, 0.3) is 0 Å². The summed E-state index contributed by atoms with van der Waals surface area (Å²) in [6.45, 7) is 6.13. The third-order valence-corrected chi connectivity index (χ3v) is 3.04. The lowest BCUT2D eigenvalue weighted by Crippen LogP contribution is -2.16. The minimum atomic E-state index is 0.605. The molecule has 3 nitrogen and oxygen atoms in total. The average molecular weight is 194 g/mol. The van der Waals surface area contributed by atoms with E-state index in [0.29, 0.717) is 12.5 Å². The Morgan fingerprint density at radius 3 is 3.07 bits per heavy atom. The fraction of sp³-hybridized carbons (Fsp3) is 0.727. The summed E-state index contributed by atoms with van der Waals surface area (Å²) in [6.07, 6.45) is 2.53. The van der Waals surface area contributed by atoms with Crippen molar-refractivity contribution in [3.05, 3.63) is 17.2 Å². The van der Waals surface area contributed by atoms with Crippen LogP contribution in [0.2, 0.25) is 0 Å². The molecule has 0 N–H and O–H groups in total. The van der Waals surface area contributed by atoms with E-state index in [9.17, 15) is 0 Å². The summed E-state index contributed by atoms with van der Waals surface area (Å²) < 4.78 is 7.55. The van der Waals surface area contributed by atoms with Gasteiger partial charge in [0, 0.05) is 19.6 Å². The average Bonchev–Trinajstić information content (AvgIpc) is 2.47. The molecule has 0 aliphatic carbocycles. The lowest BCUT2D eigenvalue weighted by atomic mass is 10.0. The van der Waals surface area contributed by atoms with Crippen molar-refractivity contribution in [3.63, 3.8) is 0 Å². The van der Waals surface area contributed by atoms with E-state index < -0.39 is 0 Å². The van der Waals surface area contributed by atoms with Crippen LogP contribution in [0.4, 0.5) is 0 Å². The fourth-order valence-corrected chi connectivity index (χ4v) is 2.26. The van der Waals surface area contributed by atoms with Crippen LogP contribution in [-0.4, -0.2) is 16.7 Å². The van der Waals surface area contributed by atoms with Gasteiger partial charge in [-0.25, -0.2) is 4.98 Å². The van der Waals surface area contributed by atoms with Gasteiger partial charge in [0.15, 0.2) is 0 Å². The number of hydrogen-bond donors (Lipinski definition) is 0. The van der Waals surface area contributed by atoms with E-state index in [1.54, 1.807) is 7.11 Å². The zero-order valence-corrected chi connectivity index (χ0v) is 9.21. The van der Waals surface area contributed by atoms with Crippen LogP contribution in [-0.2, 0) is 17.9 Å². The Labute approximate surface area is 85.1 Å². The third-order valence-electron chi connectivity index (χ3n) is 3.04. The first-order chi connectivity index (χ1) is 6.74. The molecule has 3 heteroatoms. The minimum Gasteiger partial charge on any atom is -0.378 e. The van der Waals surface area contributed by atoms with Crippen molar-refractivity contribution in [2.24, 2.45) is 0 Å². The molecule has 1 aromatic heterocycles. The molecular formula is C11H18N2O. The maximum absolute atomic E-state index is 5.21. The lowest BCUT2D eigenvalue weighted by Gasteiger charge is -2.21. The van der Waals surface area contributed by atoms with Gasteiger partial charge in [0.1, 0.15) is 5.82 Å². The van der Waals surface area contributed by atoms with Crippen LogP contribution in [0.15, 0.2) is 0 Å². The Kier molecular flexibility index (Phi) is 2.59. The summed E-state index contributed by atoms with van der Waals surface area (Å²) in [6, 6.07) is 0. The maximum Gasteiger partial charge on any atom is 0.112 e. The van der Waals surface area contributed by atoms with Crippen LogP contribution < -0.4 is 0 Å². The number of aromatic nitrogens is 2. The van der Waals surface area contributed by atoms with Crippen molar-refractivity contribution in [1.29, 1.82) is 0 Å². The van der Waals surface area contributed by atoms with Gasteiger partial charge in [-0.15, -0.1) is 0 Å². The second-order valence-electron chi connectivity index (χ2n) is 4.13. The van der Waals surface area contributed by atoms with E-state index in [4.69, 9.17) is 4.74 Å². The molecule has 1 unspecified atom stereocenters. The monoisotopic (exact) mass is 194 g/mol. The smallest absolute Gasteiger partial charge is 0.112 e. The summed E-state index contributed by atoms with van der Waals surface area (Å²) in [5.41, 5.74) is 2.39. The quantitative estimate of drug-likeness (QED) is 0.722. The van der Waals surface area contributed by atoms with E-state index in [-0.39, 0.29) is 0 Å². The SMILES string of the molecule is COCc1c(C)nc2n1CCCC2C. The molecule has 0 bridgehead atoms. The van der Waals surface area contributed by atoms with Crippen molar-refractivity contribution in [2.75, 3.05) is 7.11 Å². The van der Waals surface area contributed by atoms with Crippen LogP contribution in [0.3, 0.4) is 0 Å². The Balaban J connectivity index is 2.41. The molecule has 0 spiro atoms. The number of fused-ring (bicyclic) bond motifs is 1. The first kappa shape index (κ1) is 9.71. The molecule has 1 aliphatic rings. The van der Waals surface area contributed by atoms with E-state index in [1.165, 1.54) is 24.4 Å². The molecule has 2 heterocycles. The number of nitrogens with zero attached hydrogens (tertiary/aromatic N) is 2. The number of aryl methyl sites for hydroxylation is 1. The van der Waals surface area contributed by atoms with E-state index in [0.717, 1.165) is 12.2 Å². The van der Waals surface area contributed by atoms with Crippen LogP contribution in [0.5, 0.6) is 0 Å². The predicted octanol–water partition coefficient (Wildman–Crippen LogP) is 2.24.